The zero-order valence-electron chi connectivity index (χ0n) is 17.1. The molecule has 4 heteroatoms. The number of nitriles is 1. The van der Waals surface area contributed by atoms with Crippen LogP contribution in [-0.2, 0) is 4.79 Å². The molecule has 0 heterocycles. The molecule has 2 rings (SSSR count). The summed E-state index contributed by atoms with van der Waals surface area (Å²) in [5, 5.41) is 12.4. The maximum Gasteiger partial charge on any atom is 0.223 e. The Bertz CT molecular complexity index is 695. The minimum atomic E-state index is -0.174. The molecule has 0 atom stereocenters. The predicted molar refractivity (Wildman–Crippen MR) is 104 cm³/mol. The van der Waals surface area contributed by atoms with E-state index in [1.54, 1.807) is 6.07 Å². The van der Waals surface area contributed by atoms with Crippen molar-refractivity contribution in [2.24, 2.45) is 16.7 Å². The van der Waals surface area contributed by atoms with E-state index in [4.69, 9.17) is 10.00 Å². The van der Waals surface area contributed by atoms with Crippen LogP contribution in [0.3, 0.4) is 0 Å². The van der Waals surface area contributed by atoms with Gasteiger partial charge in [0.05, 0.1) is 11.6 Å². The first-order valence-electron chi connectivity index (χ1n) is 9.57. The minimum Gasteiger partial charge on any atom is -0.489 e. The molecule has 4 nitrogen and oxygen atoms in total. The average Bonchev–Trinajstić information content (AvgIpc) is 2.58. The molecule has 1 aromatic rings. The van der Waals surface area contributed by atoms with Gasteiger partial charge in [0, 0.05) is 22.8 Å². The van der Waals surface area contributed by atoms with E-state index in [1.807, 2.05) is 19.1 Å². The molecule has 1 saturated carbocycles. The number of hydrogen-bond acceptors (Lipinski definition) is 3. The standard InChI is InChI=1S/C22H32N2O2/c1-8-15(9-2)18(25)24-19-21(4,5)20(22(19,6)7)26-17-11-10-16(13-23)14(3)12-17/h10-12,15,19-20H,8-9H2,1-7H3,(H,24,25). The van der Waals surface area contributed by atoms with E-state index >= 15 is 0 Å². The third kappa shape index (κ3) is 3.45. The maximum atomic E-state index is 12.6. The van der Waals surface area contributed by atoms with Gasteiger partial charge in [-0.05, 0) is 43.5 Å². The van der Waals surface area contributed by atoms with Gasteiger partial charge in [-0.1, -0.05) is 41.5 Å². The third-order valence-electron chi connectivity index (χ3n) is 6.05. The number of amides is 1. The van der Waals surface area contributed by atoms with Crippen LogP contribution in [0.25, 0.3) is 0 Å². The van der Waals surface area contributed by atoms with Crippen molar-refractivity contribution in [2.75, 3.05) is 0 Å². The number of carbonyl (C=O) groups is 1. The van der Waals surface area contributed by atoms with Crippen molar-refractivity contribution in [3.05, 3.63) is 29.3 Å². The minimum absolute atomic E-state index is 0.0191. The van der Waals surface area contributed by atoms with Gasteiger partial charge in [0.1, 0.15) is 11.9 Å². The second-order valence-electron chi connectivity index (χ2n) is 8.68. The smallest absolute Gasteiger partial charge is 0.223 e. The highest BCUT2D eigenvalue weighted by Crippen LogP contribution is 2.55. The predicted octanol–water partition coefficient (Wildman–Crippen LogP) is 4.60. The Hall–Kier alpha value is -2.02. The number of ether oxygens (including phenoxy) is 1. The zero-order valence-corrected chi connectivity index (χ0v) is 17.1. The molecule has 0 unspecified atom stereocenters. The summed E-state index contributed by atoms with van der Waals surface area (Å²) >= 11 is 0. The van der Waals surface area contributed by atoms with E-state index in [9.17, 15) is 4.79 Å². The Morgan fingerprint density at radius 1 is 1.23 bits per heavy atom. The van der Waals surface area contributed by atoms with Crippen molar-refractivity contribution >= 4 is 5.91 Å². The molecule has 1 aromatic carbocycles. The molecule has 0 radical (unpaired) electrons. The summed E-state index contributed by atoms with van der Waals surface area (Å²) in [5.41, 5.74) is 1.23. The lowest BCUT2D eigenvalue weighted by atomic mass is 9.49. The number of rotatable bonds is 6. The lowest BCUT2D eigenvalue weighted by molar-refractivity contribution is -0.174. The molecule has 0 saturated heterocycles. The van der Waals surface area contributed by atoms with Gasteiger partial charge in [-0.15, -0.1) is 0 Å². The van der Waals surface area contributed by atoms with E-state index in [0.717, 1.165) is 24.2 Å². The topological polar surface area (TPSA) is 62.1 Å². The molecule has 0 bridgehead atoms. The van der Waals surface area contributed by atoms with Crippen LogP contribution in [0.2, 0.25) is 0 Å². The second-order valence-corrected chi connectivity index (χ2v) is 8.68. The molecule has 142 valence electrons. The number of carbonyl (C=O) groups excluding carboxylic acids is 1. The first-order valence-corrected chi connectivity index (χ1v) is 9.57. The summed E-state index contributed by atoms with van der Waals surface area (Å²) in [5.74, 6) is 0.994. The van der Waals surface area contributed by atoms with Gasteiger partial charge in [0.25, 0.3) is 0 Å². The van der Waals surface area contributed by atoms with Crippen LogP contribution in [0.1, 0.15) is 65.5 Å². The van der Waals surface area contributed by atoms with Crippen molar-refractivity contribution in [3.63, 3.8) is 0 Å². The molecule has 0 spiro atoms. The van der Waals surface area contributed by atoms with Gasteiger partial charge < -0.3 is 10.1 Å². The second kappa shape index (κ2) is 7.31. The van der Waals surface area contributed by atoms with Gasteiger partial charge in [0.15, 0.2) is 0 Å². The number of hydrogen-bond donors (Lipinski definition) is 1. The average molecular weight is 357 g/mol. The Kier molecular flexibility index (Phi) is 5.70. The number of benzene rings is 1. The highest BCUT2D eigenvalue weighted by molar-refractivity contribution is 5.79. The Morgan fingerprint density at radius 3 is 2.27 bits per heavy atom. The van der Waals surface area contributed by atoms with Gasteiger partial charge >= 0.3 is 0 Å². The SMILES string of the molecule is CCC(CC)C(=O)NC1C(C)(C)C(Oc2ccc(C#N)c(C)c2)C1(C)C. The van der Waals surface area contributed by atoms with Crippen molar-refractivity contribution in [3.8, 4) is 11.8 Å². The molecule has 1 amide bonds. The summed E-state index contributed by atoms with van der Waals surface area (Å²) in [7, 11) is 0. The van der Waals surface area contributed by atoms with Crippen molar-refractivity contribution in [2.45, 2.75) is 73.5 Å². The highest BCUT2D eigenvalue weighted by Gasteiger charge is 2.64. The maximum absolute atomic E-state index is 12.6. The largest absolute Gasteiger partial charge is 0.489 e. The molecule has 1 aliphatic rings. The summed E-state index contributed by atoms with van der Waals surface area (Å²) in [6.07, 6.45) is 1.70. The fourth-order valence-electron chi connectivity index (χ4n) is 4.69. The Balaban J connectivity index is 2.16. The first kappa shape index (κ1) is 20.3. The fraction of sp³-hybridized carbons (Fsp3) is 0.636. The molecule has 26 heavy (non-hydrogen) atoms. The van der Waals surface area contributed by atoms with Crippen LogP contribution >= 0.6 is 0 Å². The van der Waals surface area contributed by atoms with E-state index in [-0.39, 0.29) is 34.8 Å². The van der Waals surface area contributed by atoms with E-state index in [1.165, 1.54) is 0 Å². The Labute approximate surface area is 157 Å². The van der Waals surface area contributed by atoms with Crippen LogP contribution in [-0.4, -0.2) is 18.1 Å². The molecule has 1 fully saturated rings. The van der Waals surface area contributed by atoms with Gasteiger partial charge in [-0.2, -0.15) is 5.26 Å². The van der Waals surface area contributed by atoms with Gasteiger partial charge in [-0.3, -0.25) is 4.79 Å². The molecular formula is C22H32N2O2. The van der Waals surface area contributed by atoms with Crippen LogP contribution in [0.4, 0.5) is 0 Å². The van der Waals surface area contributed by atoms with Crippen LogP contribution < -0.4 is 10.1 Å². The lowest BCUT2D eigenvalue weighted by Gasteiger charge is -2.63. The fourth-order valence-corrected chi connectivity index (χ4v) is 4.69. The molecule has 0 aromatic heterocycles. The van der Waals surface area contributed by atoms with Crippen molar-refractivity contribution in [1.82, 2.24) is 5.32 Å². The summed E-state index contributed by atoms with van der Waals surface area (Å²) in [6.45, 7) is 14.6. The first-order chi connectivity index (χ1) is 12.1. The van der Waals surface area contributed by atoms with E-state index in [2.05, 4.69) is 52.9 Å². The summed E-state index contributed by atoms with van der Waals surface area (Å²) in [4.78, 5) is 12.6. The molecule has 0 aliphatic heterocycles. The number of nitrogens with one attached hydrogen (secondary N) is 1. The van der Waals surface area contributed by atoms with Gasteiger partial charge in [-0.25, -0.2) is 0 Å². The molecular weight excluding hydrogens is 324 g/mol. The highest BCUT2D eigenvalue weighted by atomic mass is 16.5. The number of aryl methyl sites for hydroxylation is 1. The lowest BCUT2D eigenvalue weighted by Crippen LogP contribution is -2.75. The summed E-state index contributed by atoms with van der Waals surface area (Å²) < 4.78 is 6.33. The zero-order chi connectivity index (χ0) is 19.7. The van der Waals surface area contributed by atoms with Crippen LogP contribution in [0.5, 0.6) is 5.75 Å². The van der Waals surface area contributed by atoms with Gasteiger partial charge in [0.2, 0.25) is 5.91 Å². The number of nitrogens with zero attached hydrogens (tertiary/aromatic N) is 1. The normalized spacial score (nSPS) is 23.0. The third-order valence-corrected chi connectivity index (χ3v) is 6.05. The Morgan fingerprint density at radius 2 is 1.81 bits per heavy atom. The van der Waals surface area contributed by atoms with Crippen LogP contribution in [0.15, 0.2) is 18.2 Å². The molecule has 1 N–H and O–H groups in total. The quantitative estimate of drug-likeness (QED) is 0.810. The molecule has 1 aliphatic carbocycles. The van der Waals surface area contributed by atoms with E-state index < -0.39 is 0 Å². The van der Waals surface area contributed by atoms with E-state index in [0.29, 0.717) is 5.56 Å². The van der Waals surface area contributed by atoms with Crippen LogP contribution in [0, 0.1) is 35.0 Å². The monoisotopic (exact) mass is 356 g/mol. The van der Waals surface area contributed by atoms with Crippen molar-refractivity contribution < 1.29 is 9.53 Å². The summed E-state index contributed by atoms with van der Waals surface area (Å²) in [6, 6.07) is 7.82. The van der Waals surface area contributed by atoms with Crippen molar-refractivity contribution in [1.29, 1.82) is 5.26 Å².